The van der Waals surface area contributed by atoms with Crippen LogP contribution in [0.1, 0.15) is 51.0 Å². The Kier molecular flexibility index (Phi) is 7.96. The zero-order chi connectivity index (χ0) is 21.6. The fraction of sp³-hybridized carbons (Fsp3) is 0.720. The second kappa shape index (κ2) is 10.9. The minimum absolute atomic E-state index is 0.0933. The monoisotopic (exact) mass is 431 g/mol. The zero-order valence-electron chi connectivity index (χ0n) is 19.0. The number of piperidine rings is 2. The fourth-order valence-corrected chi connectivity index (χ4v) is 5.49. The maximum Gasteiger partial charge on any atom is 0.219 e. The first-order valence-corrected chi connectivity index (χ1v) is 12.2. The van der Waals surface area contributed by atoms with E-state index in [9.17, 15) is 9.18 Å². The molecule has 172 valence electrons. The molecule has 31 heavy (non-hydrogen) atoms. The molecule has 0 unspecified atom stereocenters. The third kappa shape index (κ3) is 6.27. The summed E-state index contributed by atoms with van der Waals surface area (Å²) in [6.45, 7) is 9.27. The number of ether oxygens (including phenoxy) is 1. The van der Waals surface area contributed by atoms with Crippen molar-refractivity contribution in [2.75, 3.05) is 45.9 Å². The lowest BCUT2D eigenvalue weighted by Crippen LogP contribution is -2.50. The number of hydrogen-bond donors (Lipinski definition) is 0. The molecule has 3 aliphatic rings. The van der Waals surface area contributed by atoms with Gasteiger partial charge in [-0.1, -0.05) is 18.2 Å². The summed E-state index contributed by atoms with van der Waals surface area (Å²) in [4.78, 5) is 18.8. The second-order valence-corrected chi connectivity index (χ2v) is 9.64. The summed E-state index contributed by atoms with van der Waals surface area (Å²) in [7, 11) is 0. The normalized spacial score (nSPS) is 24.2. The minimum Gasteiger partial charge on any atom is -0.377 e. The van der Waals surface area contributed by atoms with Gasteiger partial charge >= 0.3 is 0 Å². The molecule has 0 aromatic heterocycles. The van der Waals surface area contributed by atoms with Gasteiger partial charge in [0.2, 0.25) is 5.91 Å². The maximum absolute atomic E-state index is 14.0. The van der Waals surface area contributed by atoms with E-state index in [0.717, 1.165) is 64.3 Å². The summed E-state index contributed by atoms with van der Waals surface area (Å²) in [6, 6.07) is 7.69. The van der Waals surface area contributed by atoms with Crippen molar-refractivity contribution >= 4 is 5.91 Å². The van der Waals surface area contributed by atoms with E-state index in [1.807, 2.05) is 17.0 Å². The van der Waals surface area contributed by atoms with Gasteiger partial charge < -0.3 is 9.64 Å². The van der Waals surface area contributed by atoms with E-state index >= 15 is 0 Å². The molecular formula is C25H38FN3O2. The lowest BCUT2D eigenvalue weighted by molar-refractivity contribution is -0.130. The first kappa shape index (κ1) is 22.7. The van der Waals surface area contributed by atoms with Crippen LogP contribution in [0.5, 0.6) is 0 Å². The first-order valence-electron chi connectivity index (χ1n) is 12.2. The first-order chi connectivity index (χ1) is 15.1. The van der Waals surface area contributed by atoms with Crippen molar-refractivity contribution in [2.45, 2.75) is 64.1 Å². The molecule has 0 spiro atoms. The van der Waals surface area contributed by atoms with Gasteiger partial charge in [0.25, 0.3) is 0 Å². The predicted molar refractivity (Wildman–Crippen MR) is 120 cm³/mol. The smallest absolute Gasteiger partial charge is 0.219 e. The Bertz CT molecular complexity index is 708. The Morgan fingerprint density at radius 2 is 1.81 bits per heavy atom. The Morgan fingerprint density at radius 1 is 1.06 bits per heavy atom. The number of nitrogens with zero attached hydrogens (tertiary/aromatic N) is 3. The molecule has 0 radical (unpaired) electrons. The standard InChI is InChI=1S/C25H38FN3O2/c1-20(30)28-14-10-23(11-15-28)29(19-24-6-4-16-31-24)17-21-8-12-27(13-9-21)18-22-5-2-3-7-25(22)26/h2-3,5,7,21,23-24H,4,6,8-19H2,1H3/t24-/m1/s1. The van der Waals surface area contributed by atoms with Crippen LogP contribution in [0, 0.1) is 11.7 Å². The average Bonchev–Trinajstić information content (AvgIpc) is 3.29. The minimum atomic E-state index is -0.0933. The van der Waals surface area contributed by atoms with Crippen LogP contribution in [0.25, 0.3) is 0 Å². The van der Waals surface area contributed by atoms with Gasteiger partial charge in [-0.15, -0.1) is 0 Å². The highest BCUT2D eigenvalue weighted by molar-refractivity contribution is 5.73. The predicted octanol–water partition coefficient (Wildman–Crippen LogP) is 3.53. The number of halogens is 1. The van der Waals surface area contributed by atoms with Crippen molar-refractivity contribution in [3.8, 4) is 0 Å². The highest BCUT2D eigenvalue weighted by Crippen LogP contribution is 2.26. The Morgan fingerprint density at radius 3 is 2.45 bits per heavy atom. The summed E-state index contributed by atoms with van der Waals surface area (Å²) in [5.41, 5.74) is 0.804. The van der Waals surface area contributed by atoms with E-state index in [-0.39, 0.29) is 11.7 Å². The summed E-state index contributed by atoms with van der Waals surface area (Å²) in [5, 5.41) is 0. The van der Waals surface area contributed by atoms with E-state index < -0.39 is 0 Å². The summed E-state index contributed by atoms with van der Waals surface area (Å²) in [5.74, 6) is 0.791. The van der Waals surface area contributed by atoms with E-state index in [1.54, 1.807) is 19.1 Å². The maximum atomic E-state index is 14.0. The molecule has 3 heterocycles. The third-order valence-electron chi connectivity index (χ3n) is 7.44. The van der Waals surface area contributed by atoms with E-state index in [4.69, 9.17) is 4.74 Å². The number of likely N-dealkylation sites (tertiary alicyclic amines) is 2. The largest absolute Gasteiger partial charge is 0.377 e. The van der Waals surface area contributed by atoms with Crippen LogP contribution in [0.4, 0.5) is 4.39 Å². The van der Waals surface area contributed by atoms with Crippen molar-refractivity contribution in [1.29, 1.82) is 0 Å². The lowest BCUT2D eigenvalue weighted by Gasteiger charge is -2.42. The van der Waals surface area contributed by atoms with Crippen molar-refractivity contribution in [2.24, 2.45) is 5.92 Å². The third-order valence-corrected chi connectivity index (χ3v) is 7.44. The lowest BCUT2D eigenvalue weighted by atomic mass is 9.93. The molecule has 1 amide bonds. The Balaban J connectivity index is 1.29. The Labute approximate surface area is 186 Å². The summed E-state index contributed by atoms with van der Waals surface area (Å²) >= 11 is 0. The molecule has 4 rings (SSSR count). The number of hydrogen-bond acceptors (Lipinski definition) is 4. The molecule has 6 heteroatoms. The van der Waals surface area contributed by atoms with E-state index in [1.165, 1.54) is 25.7 Å². The van der Waals surface area contributed by atoms with Crippen molar-refractivity contribution in [1.82, 2.24) is 14.7 Å². The second-order valence-electron chi connectivity index (χ2n) is 9.64. The van der Waals surface area contributed by atoms with Crippen LogP contribution in [0.2, 0.25) is 0 Å². The fourth-order valence-electron chi connectivity index (χ4n) is 5.49. The van der Waals surface area contributed by atoms with Crippen molar-refractivity contribution in [3.05, 3.63) is 35.6 Å². The van der Waals surface area contributed by atoms with Crippen LogP contribution in [0.15, 0.2) is 24.3 Å². The number of carbonyl (C=O) groups excluding carboxylic acids is 1. The molecule has 0 N–H and O–H groups in total. The number of benzene rings is 1. The van der Waals surface area contributed by atoms with Crippen LogP contribution in [-0.4, -0.2) is 78.6 Å². The quantitative estimate of drug-likeness (QED) is 0.662. The topological polar surface area (TPSA) is 36.0 Å². The van der Waals surface area contributed by atoms with Crippen LogP contribution >= 0.6 is 0 Å². The van der Waals surface area contributed by atoms with Gasteiger partial charge in [-0.05, 0) is 63.6 Å². The van der Waals surface area contributed by atoms with Gasteiger partial charge in [-0.2, -0.15) is 0 Å². The SMILES string of the molecule is CC(=O)N1CCC(N(CC2CCN(Cc3ccccc3F)CC2)C[C@H]2CCCO2)CC1. The Hall–Kier alpha value is -1.50. The molecule has 3 saturated heterocycles. The molecule has 1 aromatic rings. The molecule has 1 aromatic carbocycles. The van der Waals surface area contributed by atoms with Gasteiger partial charge in [0, 0.05) is 57.9 Å². The molecule has 3 fully saturated rings. The van der Waals surface area contributed by atoms with Gasteiger partial charge in [-0.25, -0.2) is 4.39 Å². The van der Waals surface area contributed by atoms with Crippen molar-refractivity contribution in [3.63, 3.8) is 0 Å². The number of carbonyl (C=O) groups is 1. The molecule has 3 aliphatic heterocycles. The average molecular weight is 432 g/mol. The zero-order valence-corrected chi connectivity index (χ0v) is 19.0. The van der Waals surface area contributed by atoms with Gasteiger partial charge in [0.15, 0.2) is 0 Å². The summed E-state index contributed by atoms with van der Waals surface area (Å²) < 4.78 is 20.0. The molecular weight excluding hydrogens is 393 g/mol. The molecule has 5 nitrogen and oxygen atoms in total. The van der Waals surface area contributed by atoms with Crippen molar-refractivity contribution < 1.29 is 13.9 Å². The molecule has 0 saturated carbocycles. The van der Waals surface area contributed by atoms with Crippen LogP contribution in [0.3, 0.4) is 0 Å². The molecule has 1 atom stereocenters. The van der Waals surface area contributed by atoms with Crippen LogP contribution < -0.4 is 0 Å². The number of rotatable bonds is 7. The highest BCUT2D eigenvalue weighted by Gasteiger charge is 2.31. The highest BCUT2D eigenvalue weighted by atomic mass is 19.1. The molecule has 0 bridgehead atoms. The van der Waals surface area contributed by atoms with Gasteiger partial charge in [0.05, 0.1) is 6.10 Å². The van der Waals surface area contributed by atoms with Gasteiger partial charge in [0.1, 0.15) is 5.82 Å². The van der Waals surface area contributed by atoms with E-state index in [0.29, 0.717) is 24.6 Å². The summed E-state index contributed by atoms with van der Waals surface area (Å²) in [6.07, 6.45) is 7.19. The number of amides is 1. The van der Waals surface area contributed by atoms with Gasteiger partial charge in [-0.3, -0.25) is 14.6 Å². The van der Waals surface area contributed by atoms with Crippen LogP contribution in [-0.2, 0) is 16.1 Å². The molecule has 0 aliphatic carbocycles. The van der Waals surface area contributed by atoms with E-state index in [2.05, 4.69) is 9.80 Å².